The van der Waals surface area contributed by atoms with E-state index in [1.54, 1.807) is 19.1 Å². The largest absolute Gasteiger partial charge is 0.462 e. The summed E-state index contributed by atoms with van der Waals surface area (Å²) in [6.45, 7) is 4.94. The van der Waals surface area contributed by atoms with E-state index in [1.807, 2.05) is 13.1 Å². The van der Waals surface area contributed by atoms with Gasteiger partial charge in [-0.05, 0) is 38.5 Å². The monoisotopic (exact) mass is 278 g/mol. The molecule has 5 nitrogen and oxygen atoms in total. The van der Waals surface area contributed by atoms with Gasteiger partial charge >= 0.3 is 5.97 Å². The standard InChI is InChI=1S/C15H22N2O3/c1-4-19-15(18)12-9-11(16)5-6-14(12)17(3)13-7-8-20-10(13)2/h5-6,9-10,13H,4,7-8,16H2,1-3H3. The minimum Gasteiger partial charge on any atom is -0.462 e. The number of anilines is 2. The van der Waals surface area contributed by atoms with Gasteiger partial charge in [0.05, 0.1) is 30.0 Å². The Bertz CT molecular complexity index is 490. The first-order chi connectivity index (χ1) is 9.54. The lowest BCUT2D eigenvalue weighted by molar-refractivity contribution is 0.0526. The van der Waals surface area contributed by atoms with E-state index in [1.165, 1.54) is 0 Å². The average Bonchev–Trinajstić information content (AvgIpc) is 2.84. The maximum absolute atomic E-state index is 12.1. The van der Waals surface area contributed by atoms with Gasteiger partial charge in [0.2, 0.25) is 0 Å². The molecule has 2 rings (SSSR count). The molecule has 0 saturated carbocycles. The molecule has 0 radical (unpaired) electrons. The molecule has 0 bridgehead atoms. The summed E-state index contributed by atoms with van der Waals surface area (Å²) >= 11 is 0. The minimum absolute atomic E-state index is 0.146. The van der Waals surface area contributed by atoms with Crippen molar-refractivity contribution in [3.05, 3.63) is 23.8 Å². The Morgan fingerprint density at radius 3 is 2.90 bits per heavy atom. The molecule has 110 valence electrons. The molecule has 1 aliphatic rings. The van der Waals surface area contributed by atoms with Crippen LogP contribution < -0.4 is 10.6 Å². The van der Waals surface area contributed by atoms with Gasteiger partial charge < -0.3 is 20.1 Å². The molecule has 0 amide bonds. The normalized spacial score (nSPS) is 21.8. The first kappa shape index (κ1) is 14.7. The predicted molar refractivity (Wildman–Crippen MR) is 79.0 cm³/mol. The highest BCUT2D eigenvalue weighted by Crippen LogP contribution is 2.29. The number of ether oxygens (including phenoxy) is 2. The Labute approximate surface area is 119 Å². The van der Waals surface area contributed by atoms with Crippen molar-refractivity contribution in [3.63, 3.8) is 0 Å². The van der Waals surface area contributed by atoms with Gasteiger partial charge in [0.1, 0.15) is 0 Å². The quantitative estimate of drug-likeness (QED) is 0.674. The molecule has 2 unspecified atom stereocenters. The van der Waals surface area contributed by atoms with Gasteiger partial charge in [-0.25, -0.2) is 4.79 Å². The third-order valence-corrected chi connectivity index (χ3v) is 3.73. The van der Waals surface area contributed by atoms with Crippen molar-refractivity contribution >= 4 is 17.3 Å². The van der Waals surface area contributed by atoms with Crippen LogP contribution in [-0.2, 0) is 9.47 Å². The lowest BCUT2D eigenvalue weighted by Gasteiger charge is -2.30. The van der Waals surface area contributed by atoms with Crippen LogP contribution in [0.2, 0.25) is 0 Å². The number of rotatable bonds is 4. The number of nitrogens with zero attached hydrogens (tertiary/aromatic N) is 1. The molecule has 2 atom stereocenters. The van der Waals surface area contributed by atoms with E-state index in [-0.39, 0.29) is 18.1 Å². The number of likely N-dealkylation sites (N-methyl/N-ethyl adjacent to an activating group) is 1. The molecule has 1 heterocycles. The van der Waals surface area contributed by atoms with Crippen LogP contribution in [0.4, 0.5) is 11.4 Å². The summed E-state index contributed by atoms with van der Waals surface area (Å²) in [6.07, 6.45) is 1.09. The van der Waals surface area contributed by atoms with Crippen molar-refractivity contribution in [2.75, 3.05) is 30.9 Å². The van der Waals surface area contributed by atoms with E-state index < -0.39 is 0 Å². The van der Waals surface area contributed by atoms with E-state index in [0.717, 1.165) is 18.7 Å². The fourth-order valence-electron chi connectivity index (χ4n) is 2.64. The van der Waals surface area contributed by atoms with Gasteiger partial charge in [-0.1, -0.05) is 0 Å². The molecule has 20 heavy (non-hydrogen) atoms. The number of nitrogens with two attached hydrogens (primary N) is 1. The van der Waals surface area contributed by atoms with Crippen LogP contribution in [-0.4, -0.2) is 38.4 Å². The summed E-state index contributed by atoms with van der Waals surface area (Å²) < 4.78 is 10.7. The van der Waals surface area contributed by atoms with Gasteiger partial charge in [-0.15, -0.1) is 0 Å². The van der Waals surface area contributed by atoms with Crippen molar-refractivity contribution < 1.29 is 14.3 Å². The number of carbonyl (C=O) groups excluding carboxylic acids is 1. The zero-order valence-corrected chi connectivity index (χ0v) is 12.3. The van der Waals surface area contributed by atoms with Crippen LogP contribution in [0.5, 0.6) is 0 Å². The first-order valence-electron chi connectivity index (χ1n) is 6.95. The van der Waals surface area contributed by atoms with Crippen molar-refractivity contribution in [2.24, 2.45) is 0 Å². The summed E-state index contributed by atoms with van der Waals surface area (Å²) in [5, 5.41) is 0. The summed E-state index contributed by atoms with van der Waals surface area (Å²) in [6, 6.07) is 5.60. The van der Waals surface area contributed by atoms with Gasteiger partial charge in [0.15, 0.2) is 0 Å². The molecular weight excluding hydrogens is 256 g/mol. The SMILES string of the molecule is CCOC(=O)c1cc(N)ccc1N(C)C1CCOC1C. The van der Waals surface area contributed by atoms with Crippen LogP contribution in [0, 0.1) is 0 Å². The van der Waals surface area contributed by atoms with Crippen molar-refractivity contribution in [1.82, 2.24) is 0 Å². The number of nitrogen functional groups attached to an aromatic ring is 1. The molecule has 1 aromatic rings. The van der Waals surface area contributed by atoms with Crippen molar-refractivity contribution in [2.45, 2.75) is 32.4 Å². The average molecular weight is 278 g/mol. The fraction of sp³-hybridized carbons (Fsp3) is 0.533. The fourth-order valence-corrected chi connectivity index (χ4v) is 2.64. The van der Waals surface area contributed by atoms with Gasteiger partial charge in [0.25, 0.3) is 0 Å². The van der Waals surface area contributed by atoms with E-state index in [4.69, 9.17) is 15.2 Å². The van der Waals surface area contributed by atoms with Crippen molar-refractivity contribution in [3.8, 4) is 0 Å². The zero-order valence-electron chi connectivity index (χ0n) is 12.3. The lowest BCUT2D eigenvalue weighted by atomic mass is 10.1. The summed E-state index contributed by atoms with van der Waals surface area (Å²) in [5.41, 5.74) is 7.69. The molecule has 0 aromatic heterocycles. The highest BCUT2D eigenvalue weighted by atomic mass is 16.5. The second kappa shape index (κ2) is 6.13. The number of carbonyl (C=O) groups is 1. The molecule has 1 fully saturated rings. The Morgan fingerprint density at radius 1 is 1.55 bits per heavy atom. The van der Waals surface area contributed by atoms with Crippen LogP contribution in [0.25, 0.3) is 0 Å². The van der Waals surface area contributed by atoms with E-state index in [0.29, 0.717) is 17.9 Å². The lowest BCUT2D eigenvalue weighted by Crippen LogP contribution is -2.37. The molecule has 1 saturated heterocycles. The third-order valence-electron chi connectivity index (χ3n) is 3.73. The number of hydrogen-bond donors (Lipinski definition) is 1. The number of benzene rings is 1. The third kappa shape index (κ3) is 2.88. The second-order valence-electron chi connectivity index (χ2n) is 5.04. The maximum atomic E-state index is 12.1. The van der Waals surface area contributed by atoms with Crippen LogP contribution >= 0.6 is 0 Å². The van der Waals surface area contributed by atoms with Gasteiger partial charge in [-0.3, -0.25) is 0 Å². The highest BCUT2D eigenvalue weighted by Gasteiger charge is 2.30. The van der Waals surface area contributed by atoms with Gasteiger partial charge in [-0.2, -0.15) is 0 Å². The molecule has 0 spiro atoms. The van der Waals surface area contributed by atoms with E-state index >= 15 is 0 Å². The predicted octanol–water partition coefficient (Wildman–Crippen LogP) is 2.06. The Balaban J connectivity index is 2.32. The van der Waals surface area contributed by atoms with Gasteiger partial charge in [0, 0.05) is 19.3 Å². The molecular formula is C15H22N2O3. The Hall–Kier alpha value is -1.75. The zero-order chi connectivity index (χ0) is 14.7. The molecule has 1 aromatic carbocycles. The molecule has 1 aliphatic heterocycles. The van der Waals surface area contributed by atoms with Crippen molar-refractivity contribution in [1.29, 1.82) is 0 Å². The molecule has 0 aliphatic carbocycles. The number of esters is 1. The second-order valence-corrected chi connectivity index (χ2v) is 5.04. The summed E-state index contributed by atoms with van der Waals surface area (Å²) in [4.78, 5) is 14.2. The topological polar surface area (TPSA) is 64.8 Å². The Morgan fingerprint density at radius 2 is 2.30 bits per heavy atom. The van der Waals surface area contributed by atoms with Crippen LogP contribution in [0.15, 0.2) is 18.2 Å². The summed E-state index contributed by atoms with van der Waals surface area (Å²) in [5.74, 6) is -0.340. The van der Waals surface area contributed by atoms with E-state index in [2.05, 4.69) is 11.8 Å². The number of hydrogen-bond acceptors (Lipinski definition) is 5. The summed E-state index contributed by atoms with van der Waals surface area (Å²) in [7, 11) is 1.98. The highest BCUT2D eigenvalue weighted by molar-refractivity contribution is 5.97. The first-order valence-corrected chi connectivity index (χ1v) is 6.95. The smallest absolute Gasteiger partial charge is 0.340 e. The van der Waals surface area contributed by atoms with E-state index in [9.17, 15) is 4.79 Å². The van der Waals surface area contributed by atoms with Crippen LogP contribution in [0.1, 0.15) is 30.6 Å². The minimum atomic E-state index is -0.340. The van der Waals surface area contributed by atoms with Crippen LogP contribution in [0.3, 0.4) is 0 Å². The Kier molecular flexibility index (Phi) is 4.49. The molecule has 5 heteroatoms. The maximum Gasteiger partial charge on any atom is 0.340 e. The molecule has 2 N–H and O–H groups in total.